The second-order valence-corrected chi connectivity index (χ2v) is 3.07. The Morgan fingerprint density at radius 1 is 1.58 bits per heavy atom. The van der Waals surface area contributed by atoms with E-state index in [0.29, 0.717) is 0 Å². The molecule has 68 valence electrons. The van der Waals surface area contributed by atoms with E-state index in [1.54, 1.807) is 0 Å². The fraction of sp³-hybridized carbons (Fsp3) is 0.667. The molecule has 0 aromatic rings. The summed E-state index contributed by atoms with van der Waals surface area (Å²) in [6.07, 6.45) is 5.71. The van der Waals surface area contributed by atoms with Crippen molar-refractivity contribution in [3.8, 4) is 0 Å². The highest BCUT2D eigenvalue weighted by Crippen LogP contribution is 2.10. The smallest absolute Gasteiger partial charge is 0.320 e. The maximum absolute atomic E-state index is 10.8. The van der Waals surface area contributed by atoms with Crippen molar-refractivity contribution in [1.82, 2.24) is 4.90 Å². The van der Waals surface area contributed by atoms with Crippen molar-refractivity contribution in [2.24, 2.45) is 0 Å². The van der Waals surface area contributed by atoms with Crippen molar-refractivity contribution in [3.63, 3.8) is 0 Å². The average molecular weight is 169 g/mol. The molecule has 3 nitrogen and oxygen atoms in total. The second kappa shape index (κ2) is 4.26. The van der Waals surface area contributed by atoms with Crippen LogP contribution in [-0.2, 0) is 4.79 Å². The predicted octanol–water partition coefficient (Wildman–Crippen LogP) is 1.11. The lowest BCUT2D eigenvalue weighted by atomic mass is 10.1. The van der Waals surface area contributed by atoms with Crippen LogP contribution in [0.5, 0.6) is 0 Å². The maximum atomic E-state index is 10.8. The summed E-state index contributed by atoms with van der Waals surface area (Å²) in [5.41, 5.74) is 0. The summed E-state index contributed by atoms with van der Waals surface area (Å²) in [6.45, 7) is 3.59. The van der Waals surface area contributed by atoms with E-state index in [9.17, 15) is 4.79 Å². The lowest BCUT2D eigenvalue weighted by Crippen LogP contribution is -2.39. The topological polar surface area (TPSA) is 40.5 Å². The van der Waals surface area contributed by atoms with Gasteiger partial charge in [-0.15, -0.1) is 0 Å². The molecule has 1 heterocycles. The van der Waals surface area contributed by atoms with Gasteiger partial charge in [0.05, 0.1) is 0 Å². The zero-order valence-electron chi connectivity index (χ0n) is 7.36. The number of aliphatic carboxylic acids is 1. The Morgan fingerprint density at radius 3 is 2.58 bits per heavy atom. The summed E-state index contributed by atoms with van der Waals surface area (Å²) < 4.78 is 0. The summed E-state index contributed by atoms with van der Waals surface area (Å²) in [5, 5.41) is 8.90. The first-order valence-electron chi connectivity index (χ1n) is 4.37. The van der Waals surface area contributed by atoms with Crippen molar-refractivity contribution in [2.45, 2.75) is 25.8 Å². The summed E-state index contributed by atoms with van der Waals surface area (Å²) in [6, 6.07) is -0.287. The van der Waals surface area contributed by atoms with Gasteiger partial charge in [-0.1, -0.05) is 25.5 Å². The number of nitrogens with zero attached hydrogens (tertiary/aromatic N) is 1. The van der Waals surface area contributed by atoms with E-state index in [1.807, 2.05) is 24.0 Å². The normalized spacial score (nSPS) is 19.8. The first-order valence-corrected chi connectivity index (χ1v) is 4.37. The largest absolute Gasteiger partial charge is 0.480 e. The third-order valence-electron chi connectivity index (χ3n) is 2.13. The number of carboxylic acid groups (broad SMARTS) is 1. The Bertz CT molecular complexity index is 181. The molecular weight excluding hydrogens is 154 g/mol. The van der Waals surface area contributed by atoms with Crippen LogP contribution >= 0.6 is 0 Å². The molecule has 1 aliphatic heterocycles. The summed E-state index contributed by atoms with van der Waals surface area (Å²) in [5.74, 6) is -0.694. The summed E-state index contributed by atoms with van der Waals surface area (Å²) in [4.78, 5) is 12.8. The molecule has 0 aromatic heterocycles. The van der Waals surface area contributed by atoms with Crippen LogP contribution in [-0.4, -0.2) is 35.1 Å². The van der Waals surface area contributed by atoms with E-state index in [4.69, 9.17) is 5.11 Å². The van der Waals surface area contributed by atoms with Gasteiger partial charge < -0.3 is 5.11 Å². The molecule has 0 aromatic carbocycles. The molecule has 0 bridgehead atoms. The van der Waals surface area contributed by atoms with E-state index in [2.05, 4.69) is 0 Å². The van der Waals surface area contributed by atoms with Gasteiger partial charge in [-0.05, 0) is 6.42 Å². The molecule has 0 amide bonds. The lowest BCUT2D eigenvalue weighted by molar-refractivity contribution is -0.143. The zero-order chi connectivity index (χ0) is 8.97. The molecule has 0 saturated carbocycles. The van der Waals surface area contributed by atoms with Crippen LogP contribution in [0.25, 0.3) is 0 Å². The van der Waals surface area contributed by atoms with Crippen molar-refractivity contribution in [1.29, 1.82) is 0 Å². The third-order valence-corrected chi connectivity index (χ3v) is 2.13. The van der Waals surface area contributed by atoms with Crippen LogP contribution in [0.3, 0.4) is 0 Å². The Morgan fingerprint density at radius 2 is 2.17 bits per heavy atom. The van der Waals surface area contributed by atoms with Crippen LogP contribution in [0.15, 0.2) is 12.2 Å². The van der Waals surface area contributed by atoms with Crippen molar-refractivity contribution in [2.75, 3.05) is 13.1 Å². The molecule has 1 unspecified atom stereocenters. The first kappa shape index (κ1) is 9.26. The minimum Gasteiger partial charge on any atom is -0.480 e. The molecule has 1 N–H and O–H groups in total. The van der Waals surface area contributed by atoms with E-state index in [0.717, 1.165) is 25.9 Å². The van der Waals surface area contributed by atoms with Crippen molar-refractivity contribution < 1.29 is 9.90 Å². The minimum absolute atomic E-state index is 0.287. The molecular formula is C9H15NO2. The number of hydrogen-bond acceptors (Lipinski definition) is 2. The molecule has 3 heteroatoms. The van der Waals surface area contributed by atoms with Crippen LogP contribution in [0, 0.1) is 0 Å². The highest BCUT2D eigenvalue weighted by Gasteiger charge is 2.24. The Balaban J connectivity index is 2.47. The summed E-state index contributed by atoms with van der Waals surface area (Å²) >= 11 is 0. The van der Waals surface area contributed by atoms with E-state index in [1.165, 1.54) is 0 Å². The molecule has 0 fully saturated rings. The predicted molar refractivity (Wildman–Crippen MR) is 47.0 cm³/mol. The highest BCUT2D eigenvalue weighted by atomic mass is 16.4. The van der Waals surface area contributed by atoms with Gasteiger partial charge in [-0.2, -0.15) is 0 Å². The molecule has 0 radical (unpaired) electrons. The van der Waals surface area contributed by atoms with Gasteiger partial charge in [0.15, 0.2) is 0 Å². The average Bonchev–Trinajstić information content (AvgIpc) is 2.51. The number of carboxylic acids is 1. The monoisotopic (exact) mass is 169 g/mol. The van der Waals surface area contributed by atoms with E-state index in [-0.39, 0.29) is 6.04 Å². The number of rotatable bonds is 4. The Labute approximate surface area is 72.7 Å². The van der Waals surface area contributed by atoms with Crippen molar-refractivity contribution in [3.05, 3.63) is 12.2 Å². The van der Waals surface area contributed by atoms with Gasteiger partial charge in [0.2, 0.25) is 0 Å². The van der Waals surface area contributed by atoms with Gasteiger partial charge in [0, 0.05) is 13.1 Å². The minimum atomic E-state index is -0.694. The molecule has 1 aliphatic rings. The standard InChI is InChI=1S/C9H15NO2/c1-2-5-8(9(11)12)10-6-3-4-7-10/h3-4,8H,2,5-7H2,1H3,(H,11,12). The third kappa shape index (κ3) is 2.08. The second-order valence-electron chi connectivity index (χ2n) is 3.07. The molecule has 1 atom stereocenters. The SMILES string of the molecule is CCCC(C(=O)O)N1CC=CC1. The quantitative estimate of drug-likeness (QED) is 0.641. The molecule has 0 spiro atoms. The van der Waals surface area contributed by atoms with Gasteiger partial charge in [0.25, 0.3) is 0 Å². The van der Waals surface area contributed by atoms with E-state index < -0.39 is 5.97 Å². The zero-order valence-corrected chi connectivity index (χ0v) is 7.36. The van der Waals surface area contributed by atoms with Crippen molar-refractivity contribution >= 4 is 5.97 Å². The van der Waals surface area contributed by atoms with Crippen LogP contribution in [0.4, 0.5) is 0 Å². The van der Waals surface area contributed by atoms with Crippen LogP contribution < -0.4 is 0 Å². The Hall–Kier alpha value is -0.830. The number of carbonyl (C=O) groups is 1. The van der Waals surface area contributed by atoms with Crippen LogP contribution in [0.2, 0.25) is 0 Å². The molecule has 12 heavy (non-hydrogen) atoms. The summed E-state index contributed by atoms with van der Waals surface area (Å²) in [7, 11) is 0. The molecule has 0 saturated heterocycles. The van der Waals surface area contributed by atoms with Crippen LogP contribution in [0.1, 0.15) is 19.8 Å². The fourth-order valence-electron chi connectivity index (χ4n) is 1.48. The fourth-order valence-corrected chi connectivity index (χ4v) is 1.48. The molecule has 0 aliphatic carbocycles. The van der Waals surface area contributed by atoms with Gasteiger partial charge in [-0.25, -0.2) is 0 Å². The lowest BCUT2D eigenvalue weighted by Gasteiger charge is -2.22. The molecule has 1 rings (SSSR count). The van der Waals surface area contributed by atoms with Gasteiger partial charge >= 0.3 is 5.97 Å². The van der Waals surface area contributed by atoms with Gasteiger partial charge in [-0.3, -0.25) is 9.69 Å². The first-order chi connectivity index (χ1) is 5.75. The van der Waals surface area contributed by atoms with Gasteiger partial charge in [0.1, 0.15) is 6.04 Å². The van der Waals surface area contributed by atoms with E-state index >= 15 is 0 Å². The Kier molecular flexibility index (Phi) is 3.29. The maximum Gasteiger partial charge on any atom is 0.320 e. The highest BCUT2D eigenvalue weighted by molar-refractivity contribution is 5.73. The number of hydrogen-bond donors (Lipinski definition) is 1.